The van der Waals surface area contributed by atoms with Gasteiger partial charge in [-0.1, -0.05) is 141 Å². The predicted octanol–water partition coefficient (Wildman–Crippen LogP) is 3.98. The fourth-order valence-electron chi connectivity index (χ4n) is 4.53. The minimum atomic E-state index is -5.52. The lowest BCUT2D eigenvalue weighted by molar-refractivity contribution is -0.368. The Morgan fingerprint density at radius 2 is 1.10 bits per heavy atom. The minimum Gasteiger partial charge on any atom is -0.462 e. The second-order valence-electron chi connectivity index (χ2n) is 12.2. The predicted molar refractivity (Wildman–Crippen MR) is 243 cm³/mol. The van der Waals surface area contributed by atoms with Crippen LogP contribution in [-0.4, -0.2) is 171 Å². The Balaban J connectivity index is 3.09. The van der Waals surface area contributed by atoms with Gasteiger partial charge >= 0.3 is 19.8 Å². The van der Waals surface area contributed by atoms with Gasteiger partial charge in [0, 0.05) is 86.8 Å². The van der Waals surface area contributed by atoms with Crippen molar-refractivity contribution in [1.29, 1.82) is 0 Å². The summed E-state index contributed by atoms with van der Waals surface area (Å²) in [5.74, 6) is -6.29. The zero-order valence-corrected chi connectivity index (χ0v) is 35.0. The lowest BCUT2D eigenvalue weighted by Crippen LogP contribution is -2.64. The molecule has 0 aromatic rings. The van der Waals surface area contributed by atoms with Gasteiger partial charge in [0.05, 0.1) is 33.0 Å². The number of hydrogen-bond acceptors (Lipinski definition) is 19. The molecule has 0 aliphatic carbocycles. The number of carbonyl (C=O) groups is 2. The molecule has 2 rings (SSSR count). The van der Waals surface area contributed by atoms with E-state index in [9.17, 15) is 54.8 Å². The van der Waals surface area contributed by atoms with Crippen LogP contribution < -0.4 is 0 Å². The Kier molecular flexibility index (Phi) is 10.2. The number of phosphoric acid groups is 1. The summed E-state index contributed by atoms with van der Waals surface area (Å²) in [5, 5.41) is 83.6. The standard InChI is InChI=1S/C46H87O20P/c1-3-5-7-9-11-13-15-17-19-21-23-25-37(50)59-30-34(63-38(51)26-24-22-20-18-16-14-12-10-8-6-4-2)31-60-46-44(42(55)39(52)35(28-48)64-46)66-45-43(56)41(54)40(53)36(65-45)32-62-67(57,58)61-29-33(49)27-47/h33-36,39-49,52-56H,3-32H2,1-2H3,(H,57,58)/t33?,34?,35-,36-,39-,40-,41+,42+,43-,44-,45+,46-/m1/s1/i1D3,2D3,3D2,4D2,5D2,6D2,7D2,8D2,9D2,10D2,11D2,12D2,13D2,14D2,15D2,16D2,17D2,18D2,19D2,20D2,21D2,22D2,23D2,24D2,25D2,26D2. The highest BCUT2D eigenvalue weighted by molar-refractivity contribution is 7.47. The number of ether oxygens (including phenoxy) is 6. The molecule has 0 spiro atoms. The normalized spacial score (nSPS) is 44.8. The first-order chi connectivity index (χ1) is 52.5. The lowest BCUT2D eigenvalue weighted by Gasteiger charge is -2.46. The number of phosphoric ester groups is 1. The largest absolute Gasteiger partial charge is 0.472 e. The monoisotopic (exact) mass is 1040 g/mol. The summed E-state index contributed by atoms with van der Waals surface area (Å²) >= 11 is 0. The SMILES string of the molecule is [2H]C([2H])([2H])C([2H])([2H])C([2H])([2H])C([2H])([2H])C([2H])([2H])C([2H])([2H])C([2H])([2H])C([2H])([2H])C([2H])([2H])C([2H])([2H])C([2H])([2H])C([2H])([2H])C([2H])([2H])C(=O)OCC(CO[C@@H]1O[C@H](CO)[C@@H](O)[C@H](O)[C@H]1O[C@@H]1O[C@H](COP(=O)(O)OCC(O)CO)[C@@H](O)[C@H](O)[C@H]1O)OC(=O)C([2H])([2H])C([2H])([2H])C([2H])([2H])C([2H])([2H])C([2H])([2H])C([2H])([2H])C([2H])([2H])C([2H])([2H])C([2H])([2H])C([2H])([2H])C([2H])([2H])C([2H])([2H])C([2H])([2H])[2H]. The van der Waals surface area contributed by atoms with Crippen LogP contribution in [0.1, 0.15) is 241 Å². The van der Waals surface area contributed by atoms with E-state index in [1.807, 2.05) is 0 Å². The third-order valence-electron chi connectivity index (χ3n) is 7.53. The summed E-state index contributed by atoms with van der Waals surface area (Å²) in [7, 11) is -5.37. The molecule has 3 unspecified atom stereocenters. The van der Waals surface area contributed by atoms with Gasteiger partial charge in [0.15, 0.2) is 18.7 Å². The molecule has 0 saturated carbocycles. The molecule has 9 N–H and O–H groups in total. The van der Waals surface area contributed by atoms with Crippen LogP contribution >= 0.6 is 7.82 Å². The van der Waals surface area contributed by atoms with Crippen molar-refractivity contribution in [1.82, 2.24) is 0 Å². The molecule has 0 bridgehead atoms. The van der Waals surface area contributed by atoms with Crippen LogP contribution in [0.3, 0.4) is 0 Å². The number of hydrogen-bond donors (Lipinski definition) is 9. The van der Waals surface area contributed by atoms with Crippen LogP contribution in [0.4, 0.5) is 0 Å². The smallest absolute Gasteiger partial charge is 0.462 e. The summed E-state index contributed by atoms with van der Waals surface area (Å²) in [6.07, 6.45) is -157. The maximum atomic E-state index is 14.4. The molecule has 0 amide bonds. The number of aliphatic hydroxyl groups excluding tert-OH is 8. The van der Waals surface area contributed by atoms with Crippen molar-refractivity contribution in [3.05, 3.63) is 0 Å². The van der Waals surface area contributed by atoms with Crippen LogP contribution in [0.15, 0.2) is 0 Å². The summed E-state index contributed by atoms with van der Waals surface area (Å²) in [6.45, 7) is -18.0. The highest BCUT2D eigenvalue weighted by Gasteiger charge is 2.51. The second-order valence-corrected chi connectivity index (χ2v) is 13.6. The van der Waals surface area contributed by atoms with Gasteiger partial charge in [-0.15, -0.1) is 0 Å². The Bertz CT molecular complexity index is 3630. The molecule has 13 atom stereocenters. The summed E-state index contributed by atoms with van der Waals surface area (Å²) in [5.41, 5.74) is 0. The molecule has 67 heavy (non-hydrogen) atoms. The first-order valence-electron chi connectivity index (χ1n) is 45.4. The average Bonchev–Trinajstić information content (AvgIpc) is 0.683. The summed E-state index contributed by atoms with van der Waals surface area (Å²) < 4.78 is 499. The Labute approximate surface area is 473 Å². The van der Waals surface area contributed by atoms with Gasteiger partial charge in [-0.05, 0) is 12.7 Å². The molecule has 396 valence electrons. The van der Waals surface area contributed by atoms with Crippen LogP contribution in [-0.2, 0) is 51.6 Å². The highest BCUT2D eigenvalue weighted by atomic mass is 31.2. The van der Waals surface area contributed by atoms with E-state index in [-0.39, 0.29) is 0 Å². The van der Waals surface area contributed by atoms with E-state index in [1.165, 1.54) is 0 Å². The van der Waals surface area contributed by atoms with E-state index in [2.05, 4.69) is 13.8 Å². The van der Waals surface area contributed by atoms with E-state index < -0.39 is 300 Å². The topological polar surface area (TPSA) is 307 Å². The average molecular weight is 1050 g/mol. The van der Waals surface area contributed by atoms with E-state index in [0.717, 1.165) is 0 Å². The van der Waals surface area contributed by atoms with Crippen molar-refractivity contribution >= 4 is 19.8 Å². The van der Waals surface area contributed by atoms with E-state index in [1.54, 1.807) is 0 Å². The van der Waals surface area contributed by atoms with Gasteiger partial charge in [0.2, 0.25) is 0 Å². The molecule has 2 fully saturated rings. The lowest BCUT2D eigenvalue weighted by atomic mass is 9.97. The van der Waals surface area contributed by atoms with Crippen LogP contribution in [0, 0.1) is 0 Å². The van der Waals surface area contributed by atoms with E-state index >= 15 is 0 Å². The fourth-order valence-corrected chi connectivity index (χ4v) is 5.30. The van der Waals surface area contributed by atoms with Gasteiger partial charge in [-0.25, -0.2) is 4.57 Å². The molecular formula is C46H87O20P. The zero-order chi connectivity index (χ0) is 97.5. The van der Waals surface area contributed by atoms with Gasteiger partial charge in [-0.3, -0.25) is 18.6 Å². The summed E-state index contributed by atoms with van der Waals surface area (Å²) in [6, 6.07) is 0. The van der Waals surface area contributed by atoms with E-state index in [0.29, 0.717) is 0 Å². The first kappa shape index (κ1) is 18.8. The van der Waals surface area contributed by atoms with Crippen LogP contribution in [0.25, 0.3) is 0 Å². The van der Waals surface area contributed by atoms with Crippen molar-refractivity contribution < 1.29 is 171 Å². The molecule has 0 aromatic carbocycles. The minimum absolute atomic E-state index is 1.05. The molecule has 0 aromatic heterocycles. The maximum Gasteiger partial charge on any atom is 0.472 e. The quantitative estimate of drug-likeness (QED) is 0.0310. The maximum absolute atomic E-state index is 14.4. The second kappa shape index (κ2) is 36.5. The van der Waals surface area contributed by atoms with Crippen LogP contribution in [0.5, 0.6) is 0 Å². The Morgan fingerprint density at radius 1 is 0.612 bits per heavy atom. The van der Waals surface area contributed by atoms with Crippen molar-refractivity contribution in [3.63, 3.8) is 0 Å². The third-order valence-corrected chi connectivity index (χ3v) is 8.48. The number of esters is 2. The van der Waals surface area contributed by atoms with E-state index in [4.69, 9.17) is 103 Å². The molecule has 2 heterocycles. The molecule has 2 aliphatic rings. The number of carbonyl (C=O) groups excluding carboxylic acids is 2. The van der Waals surface area contributed by atoms with Crippen molar-refractivity contribution in [2.24, 2.45) is 0 Å². The molecular weight excluding hydrogens is 903 g/mol. The first-order valence-corrected chi connectivity index (χ1v) is 19.9. The van der Waals surface area contributed by atoms with Gasteiger partial charge in [0.1, 0.15) is 61.5 Å². The van der Waals surface area contributed by atoms with Crippen LogP contribution in [0.2, 0.25) is 0 Å². The molecule has 21 heteroatoms. The Hall–Kier alpha value is -1.43. The molecule has 0 radical (unpaired) electrons. The summed E-state index contributed by atoms with van der Waals surface area (Å²) in [4.78, 5) is 38.6. The van der Waals surface area contributed by atoms with Gasteiger partial charge in [0.25, 0.3) is 0 Å². The molecule has 2 aliphatic heterocycles. The van der Waals surface area contributed by atoms with Crippen molar-refractivity contribution in [2.45, 2.75) is 240 Å². The Morgan fingerprint density at radius 3 is 1.63 bits per heavy atom. The molecule has 2 saturated heterocycles. The van der Waals surface area contributed by atoms with Crippen molar-refractivity contribution in [3.8, 4) is 0 Å². The van der Waals surface area contributed by atoms with Crippen molar-refractivity contribution in [2.75, 3.05) is 39.6 Å². The highest BCUT2D eigenvalue weighted by Crippen LogP contribution is 2.44. The van der Waals surface area contributed by atoms with Gasteiger partial charge in [-0.2, -0.15) is 0 Å². The third kappa shape index (κ3) is 26.0. The van der Waals surface area contributed by atoms with Gasteiger partial charge < -0.3 is 74.2 Å². The number of rotatable bonds is 40. The fraction of sp³-hybridized carbons (Fsp3) is 0.957. The molecule has 20 nitrogen and oxygen atoms in total. The number of aliphatic hydroxyl groups is 8. The zero-order valence-electron chi connectivity index (χ0n) is 88.1.